The highest BCUT2D eigenvalue weighted by Gasteiger charge is 1.96. The molecule has 0 aliphatic carbocycles. The average molecular weight is 386 g/mol. The van der Waals surface area contributed by atoms with E-state index in [9.17, 15) is 0 Å². The summed E-state index contributed by atoms with van der Waals surface area (Å²) >= 11 is 0. The monoisotopic (exact) mass is 385 g/mol. The number of hydrogen-bond acceptors (Lipinski definition) is 0. The van der Waals surface area contributed by atoms with E-state index in [0.29, 0.717) is 0 Å². The first-order valence-electron chi connectivity index (χ1n) is 12.8. The molecular weight excluding hydrogens is 336 g/mol. The van der Waals surface area contributed by atoms with Gasteiger partial charge in [0.1, 0.15) is 0 Å². The Bertz CT molecular complexity index is 394. The molecule has 161 valence electrons. The molecule has 28 heavy (non-hydrogen) atoms. The van der Waals surface area contributed by atoms with Gasteiger partial charge in [-0.15, -0.1) is 0 Å². The summed E-state index contributed by atoms with van der Waals surface area (Å²) in [7, 11) is 0. The standard InChI is InChI=1S/C28H49/c1-2-3-4-5-6-7-8-9-10-11-12-13-14-15-16-17-18-19-20-22-25-28-26-23-21-24-27-28/h21,23-27H,2-20,22H2,1H3. The number of rotatable bonds is 21. The second-order valence-electron chi connectivity index (χ2n) is 8.77. The number of benzene rings is 1. The van der Waals surface area contributed by atoms with Gasteiger partial charge in [-0.05, 0) is 18.4 Å². The van der Waals surface area contributed by atoms with Crippen LogP contribution in [0.1, 0.15) is 141 Å². The van der Waals surface area contributed by atoms with Crippen LogP contribution in [0.5, 0.6) is 0 Å². The van der Waals surface area contributed by atoms with Crippen LogP contribution >= 0.6 is 0 Å². The molecule has 0 aromatic heterocycles. The lowest BCUT2D eigenvalue weighted by molar-refractivity contribution is 0.523. The van der Waals surface area contributed by atoms with E-state index in [1.807, 2.05) is 0 Å². The van der Waals surface area contributed by atoms with Gasteiger partial charge in [-0.2, -0.15) is 0 Å². The van der Waals surface area contributed by atoms with Gasteiger partial charge < -0.3 is 0 Å². The minimum Gasteiger partial charge on any atom is -0.0654 e. The largest absolute Gasteiger partial charge is 0.0654 e. The first kappa shape index (κ1) is 25.3. The molecule has 0 amide bonds. The first-order chi connectivity index (χ1) is 13.9. The molecule has 0 nitrogen and oxygen atoms in total. The molecular formula is C28H49. The summed E-state index contributed by atoms with van der Waals surface area (Å²) in [6.45, 7) is 2.30. The minimum absolute atomic E-state index is 1.24. The van der Waals surface area contributed by atoms with Gasteiger partial charge in [-0.3, -0.25) is 0 Å². The van der Waals surface area contributed by atoms with Crippen molar-refractivity contribution in [3.63, 3.8) is 0 Å². The van der Waals surface area contributed by atoms with Crippen molar-refractivity contribution in [3.8, 4) is 0 Å². The third-order valence-electron chi connectivity index (χ3n) is 5.99. The normalized spacial score (nSPS) is 11.2. The van der Waals surface area contributed by atoms with Crippen molar-refractivity contribution in [1.82, 2.24) is 0 Å². The van der Waals surface area contributed by atoms with E-state index in [0.717, 1.165) is 0 Å². The molecule has 1 radical (unpaired) electrons. The summed E-state index contributed by atoms with van der Waals surface area (Å²) < 4.78 is 0. The van der Waals surface area contributed by atoms with Crippen LogP contribution in [0.4, 0.5) is 0 Å². The molecule has 0 N–H and O–H groups in total. The van der Waals surface area contributed by atoms with Gasteiger partial charge >= 0.3 is 0 Å². The molecule has 0 unspecified atom stereocenters. The highest BCUT2D eigenvalue weighted by atomic mass is 14.0. The van der Waals surface area contributed by atoms with Crippen LogP contribution in [-0.4, -0.2) is 0 Å². The Hall–Kier alpha value is -0.780. The van der Waals surface area contributed by atoms with Crippen molar-refractivity contribution >= 4 is 0 Å². The lowest BCUT2D eigenvalue weighted by Gasteiger charge is -2.04. The zero-order valence-corrected chi connectivity index (χ0v) is 19.1. The summed E-state index contributed by atoms with van der Waals surface area (Å²) in [6, 6.07) is 10.8. The van der Waals surface area contributed by atoms with Crippen molar-refractivity contribution < 1.29 is 0 Å². The van der Waals surface area contributed by atoms with Crippen LogP contribution in [0.25, 0.3) is 0 Å². The number of hydrogen-bond donors (Lipinski definition) is 0. The lowest BCUT2D eigenvalue weighted by atomic mass is 10.0. The molecule has 0 aliphatic rings. The fourth-order valence-electron chi connectivity index (χ4n) is 4.08. The van der Waals surface area contributed by atoms with Gasteiger partial charge in [0.25, 0.3) is 0 Å². The Kier molecular flexibility index (Phi) is 18.9. The fraction of sp³-hybridized carbons (Fsp3) is 0.750. The van der Waals surface area contributed by atoms with Crippen LogP contribution < -0.4 is 0 Å². The SMILES string of the molecule is CCCCCCCCCCCCCCCCCCCCC[CH]c1ccccc1. The summed E-state index contributed by atoms with van der Waals surface area (Å²) in [5.41, 5.74) is 1.38. The van der Waals surface area contributed by atoms with Crippen LogP contribution in [-0.2, 0) is 0 Å². The molecule has 1 aromatic rings. The van der Waals surface area contributed by atoms with E-state index in [1.54, 1.807) is 0 Å². The topological polar surface area (TPSA) is 0 Å². The molecule has 0 atom stereocenters. The van der Waals surface area contributed by atoms with Crippen molar-refractivity contribution in [2.75, 3.05) is 0 Å². The maximum atomic E-state index is 2.38. The predicted octanol–water partition coefficient (Wildman–Crippen LogP) is 10.1. The molecule has 0 saturated heterocycles. The summed E-state index contributed by atoms with van der Waals surface area (Å²) in [5, 5.41) is 0. The van der Waals surface area contributed by atoms with Crippen LogP contribution in [0.15, 0.2) is 30.3 Å². The molecule has 0 spiro atoms. The highest BCUT2D eigenvalue weighted by Crippen LogP contribution is 2.15. The molecule has 0 fully saturated rings. The van der Waals surface area contributed by atoms with Crippen molar-refractivity contribution in [2.24, 2.45) is 0 Å². The third kappa shape index (κ3) is 17.3. The van der Waals surface area contributed by atoms with Gasteiger partial charge in [0.05, 0.1) is 0 Å². The minimum atomic E-state index is 1.24. The molecule has 0 aliphatic heterocycles. The fourth-order valence-corrected chi connectivity index (χ4v) is 4.08. The molecule has 0 heteroatoms. The maximum Gasteiger partial charge on any atom is -0.00931 e. The van der Waals surface area contributed by atoms with Crippen molar-refractivity contribution in [3.05, 3.63) is 42.3 Å². The van der Waals surface area contributed by atoms with Crippen molar-refractivity contribution in [2.45, 2.75) is 135 Å². The number of unbranched alkanes of at least 4 members (excludes halogenated alkanes) is 19. The molecule has 1 rings (SSSR count). The zero-order valence-electron chi connectivity index (χ0n) is 19.1. The Labute approximate surface area is 177 Å². The van der Waals surface area contributed by atoms with E-state index >= 15 is 0 Å². The average Bonchev–Trinajstić information content (AvgIpc) is 2.73. The maximum absolute atomic E-state index is 2.38. The van der Waals surface area contributed by atoms with Crippen LogP contribution in [0.3, 0.4) is 0 Å². The molecule has 0 heterocycles. The zero-order chi connectivity index (χ0) is 20.0. The van der Waals surface area contributed by atoms with Gasteiger partial charge in [0.2, 0.25) is 0 Å². The van der Waals surface area contributed by atoms with Crippen LogP contribution in [0, 0.1) is 6.42 Å². The first-order valence-corrected chi connectivity index (χ1v) is 12.8. The van der Waals surface area contributed by atoms with E-state index in [1.165, 1.54) is 134 Å². The Balaban J connectivity index is 1.67. The van der Waals surface area contributed by atoms with Gasteiger partial charge in [-0.1, -0.05) is 159 Å². The Morgan fingerprint density at radius 2 is 0.821 bits per heavy atom. The van der Waals surface area contributed by atoms with E-state index in [-0.39, 0.29) is 0 Å². The van der Waals surface area contributed by atoms with E-state index in [4.69, 9.17) is 0 Å². The smallest absolute Gasteiger partial charge is 0.00931 e. The van der Waals surface area contributed by atoms with Gasteiger partial charge in [0, 0.05) is 0 Å². The van der Waals surface area contributed by atoms with Gasteiger partial charge in [-0.25, -0.2) is 0 Å². The lowest BCUT2D eigenvalue weighted by Crippen LogP contribution is -1.85. The molecule has 0 bridgehead atoms. The van der Waals surface area contributed by atoms with E-state index < -0.39 is 0 Å². The predicted molar refractivity (Wildman–Crippen MR) is 128 cm³/mol. The quantitative estimate of drug-likeness (QED) is 0.185. The highest BCUT2D eigenvalue weighted by molar-refractivity contribution is 5.21. The summed E-state index contributed by atoms with van der Waals surface area (Å²) in [4.78, 5) is 0. The third-order valence-corrected chi connectivity index (χ3v) is 5.99. The van der Waals surface area contributed by atoms with Crippen LogP contribution in [0.2, 0.25) is 0 Å². The second-order valence-corrected chi connectivity index (χ2v) is 8.77. The summed E-state index contributed by atoms with van der Waals surface area (Å²) in [5.74, 6) is 0. The molecule has 1 aromatic carbocycles. The molecule has 0 saturated carbocycles. The van der Waals surface area contributed by atoms with E-state index in [2.05, 4.69) is 43.7 Å². The Morgan fingerprint density at radius 3 is 1.21 bits per heavy atom. The Morgan fingerprint density at radius 1 is 0.464 bits per heavy atom. The second kappa shape index (κ2) is 20.9. The van der Waals surface area contributed by atoms with Gasteiger partial charge in [0.15, 0.2) is 0 Å². The van der Waals surface area contributed by atoms with Crippen molar-refractivity contribution in [1.29, 1.82) is 0 Å². The summed E-state index contributed by atoms with van der Waals surface area (Å²) in [6.07, 6.45) is 31.2.